The van der Waals surface area contributed by atoms with E-state index in [0.717, 1.165) is 0 Å². The van der Waals surface area contributed by atoms with Gasteiger partial charge < -0.3 is 5.73 Å². The van der Waals surface area contributed by atoms with Crippen LogP contribution < -0.4 is 5.73 Å². The van der Waals surface area contributed by atoms with Crippen molar-refractivity contribution in [3.8, 4) is 0 Å². The smallest absolute Gasteiger partial charge is 0.0266 e. The van der Waals surface area contributed by atoms with E-state index in [0.29, 0.717) is 0 Å². The molecule has 14 heavy (non-hydrogen) atoms. The average Bonchev–Trinajstić information content (AvgIpc) is 2.15. The Balaban J connectivity index is 2.79. The van der Waals surface area contributed by atoms with E-state index in [1.807, 2.05) is 18.7 Å². The number of rotatable bonds is 4. The van der Waals surface area contributed by atoms with Gasteiger partial charge in [0.05, 0.1) is 0 Å². The summed E-state index contributed by atoms with van der Waals surface area (Å²) in [5.74, 6) is 1.19. The molecule has 0 radical (unpaired) electrons. The number of benzene rings is 1. The molecule has 0 aliphatic carbocycles. The molecule has 0 aliphatic heterocycles. The molecule has 1 atom stereocenters. The standard InChI is InChI=1S/C12H19NS/c1-4-7-14-12-6-5-11(10(3)13)8-9(12)2/h5-6,8,10H,4,7,13H2,1-3H3. The molecule has 1 aromatic rings. The Morgan fingerprint density at radius 3 is 2.64 bits per heavy atom. The summed E-state index contributed by atoms with van der Waals surface area (Å²) < 4.78 is 0. The first-order chi connectivity index (χ1) is 6.65. The molecular weight excluding hydrogens is 190 g/mol. The van der Waals surface area contributed by atoms with Gasteiger partial charge in [0, 0.05) is 10.9 Å². The molecule has 0 spiro atoms. The molecule has 0 saturated heterocycles. The van der Waals surface area contributed by atoms with E-state index in [-0.39, 0.29) is 6.04 Å². The fourth-order valence-corrected chi connectivity index (χ4v) is 2.20. The molecule has 1 aromatic carbocycles. The Kier molecular flexibility index (Phi) is 4.49. The third-order valence-corrected chi connectivity index (χ3v) is 3.57. The minimum absolute atomic E-state index is 0.138. The van der Waals surface area contributed by atoms with Crippen LogP contribution in [-0.4, -0.2) is 5.75 Å². The van der Waals surface area contributed by atoms with E-state index in [2.05, 4.69) is 32.0 Å². The van der Waals surface area contributed by atoms with Crippen molar-refractivity contribution in [2.75, 3.05) is 5.75 Å². The van der Waals surface area contributed by atoms with E-state index in [4.69, 9.17) is 5.73 Å². The molecule has 0 amide bonds. The summed E-state index contributed by atoms with van der Waals surface area (Å²) >= 11 is 1.93. The van der Waals surface area contributed by atoms with Crippen LogP contribution in [0, 0.1) is 6.92 Å². The number of hydrogen-bond acceptors (Lipinski definition) is 2. The molecule has 0 saturated carbocycles. The van der Waals surface area contributed by atoms with Crippen LogP contribution in [0.15, 0.2) is 23.1 Å². The van der Waals surface area contributed by atoms with Crippen molar-refractivity contribution in [1.29, 1.82) is 0 Å². The van der Waals surface area contributed by atoms with Crippen LogP contribution in [0.5, 0.6) is 0 Å². The second kappa shape index (κ2) is 5.42. The lowest BCUT2D eigenvalue weighted by molar-refractivity contribution is 0.815. The molecule has 1 rings (SSSR count). The lowest BCUT2D eigenvalue weighted by Gasteiger charge is -2.10. The average molecular weight is 209 g/mol. The first kappa shape index (κ1) is 11.6. The quantitative estimate of drug-likeness (QED) is 0.768. The highest BCUT2D eigenvalue weighted by atomic mass is 32.2. The largest absolute Gasteiger partial charge is 0.324 e. The summed E-state index contributed by atoms with van der Waals surface area (Å²) in [6.07, 6.45) is 1.22. The second-order valence-corrected chi connectivity index (χ2v) is 4.80. The SMILES string of the molecule is CCCSc1ccc(C(C)N)cc1C. The number of hydrogen-bond donors (Lipinski definition) is 1. The van der Waals surface area contributed by atoms with Crippen LogP contribution in [0.2, 0.25) is 0 Å². The minimum atomic E-state index is 0.138. The van der Waals surface area contributed by atoms with E-state index in [1.165, 1.54) is 28.2 Å². The van der Waals surface area contributed by atoms with Gasteiger partial charge in [-0.1, -0.05) is 19.1 Å². The van der Waals surface area contributed by atoms with E-state index < -0.39 is 0 Å². The van der Waals surface area contributed by atoms with Gasteiger partial charge in [0.15, 0.2) is 0 Å². The zero-order valence-electron chi connectivity index (χ0n) is 9.21. The van der Waals surface area contributed by atoms with Gasteiger partial charge in [-0.2, -0.15) is 0 Å². The predicted molar refractivity (Wildman–Crippen MR) is 64.8 cm³/mol. The van der Waals surface area contributed by atoms with E-state index in [9.17, 15) is 0 Å². The molecule has 0 heterocycles. The highest BCUT2D eigenvalue weighted by Gasteiger charge is 2.03. The molecule has 0 bridgehead atoms. The molecule has 0 aliphatic rings. The van der Waals surface area contributed by atoms with Gasteiger partial charge in [-0.15, -0.1) is 11.8 Å². The Morgan fingerprint density at radius 1 is 1.43 bits per heavy atom. The van der Waals surface area contributed by atoms with Crippen molar-refractivity contribution in [3.05, 3.63) is 29.3 Å². The van der Waals surface area contributed by atoms with Crippen LogP contribution in [-0.2, 0) is 0 Å². The predicted octanol–water partition coefficient (Wildman–Crippen LogP) is 3.52. The van der Waals surface area contributed by atoms with Gasteiger partial charge >= 0.3 is 0 Å². The molecule has 1 unspecified atom stereocenters. The first-order valence-corrected chi connectivity index (χ1v) is 6.12. The zero-order chi connectivity index (χ0) is 10.6. The highest BCUT2D eigenvalue weighted by molar-refractivity contribution is 7.99. The van der Waals surface area contributed by atoms with Crippen LogP contribution in [0.1, 0.15) is 37.4 Å². The van der Waals surface area contributed by atoms with Crippen molar-refractivity contribution < 1.29 is 0 Å². The normalized spacial score (nSPS) is 12.9. The maximum atomic E-state index is 5.83. The highest BCUT2D eigenvalue weighted by Crippen LogP contribution is 2.25. The lowest BCUT2D eigenvalue weighted by atomic mass is 10.1. The topological polar surface area (TPSA) is 26.0 Å². The Hall–Kier alpha value is -0.470. The van der Waals surface area contributed by atoms with Gasteiger partial charge in [0.2, 0.25) is 0 Å². The summed E-state index contributed by atoms with van der Waals surface area (Å²) in [6, 6.07) is 6.66. The Morgan fingerprint density at radius 2 is 2.14 bits per heavy atom. The minimum Gasteiger partial charge on any atom is -0.324 e. The van der Waals surface area contributed by atoms with Crippen LogP contribution >= 0.6 is 11.8 Å². The Bertz CT molecular complexity index is 294. The first-order valence-electron chi connectivity index (χ1n) is 5.14. The maximum absolute atomic E-state index is 5.83. The van der Waals surface area contributed by atoms with Crippen molar-refractivity contribution in [1.82, 2.24) is 0 Å². The molecular formula is C12H19NS. The van der Waals surface area contributed by atoms with Gasteiger partial charge in [-0.3, -0.25) is 0 Å². The van der Waals surface area contributed by atoms with Crippen molar-refractivity contribution >= 4 is 11.8 Å². The monoisotopic (exact) mass is 209 g/mol. The van der Waals surface area contributed by atoms with Gasteiger partial charge in [0.1, 0.15) is 0 Å². The van der Waals surface area contributed by atoms with Gasteiger partial charge in [-0.05, 0) is 43.2 Å². The zero-order valence-corrected chi connectivity index (χ0v) is 10.0. The fraction of sp³-hybridized carbons (Fsp3) is 0.500. The molecule has 2 N–H and O–H groups in total. The van der Waals surface area contributed by atoms with Gasteiger partial charge in [-0.25, -0.2) is 0 Å². The van der Waals surface area contributed by atoms with Crippen LogP contribution in [0.25, 0.3) is 0 Å². The molecule has 78 valence electrons. The number of aryl methyl sites for hydroxylation is 1. The number of nitrogens with two attached hydrogens (primary N) is 1. The van der Waals surface area contributed by atoms with Crippen molar-refractivity contribution in [2.45, 2.75) is 38.1 Å². The van der Waals surface area contributed by atoms with Crippen LogP contribution in [0.3, 0.4) is 0 Å². The lowest BCUT2D eigenvalue weighted by Crippen LogP contribution is -2.05. The molecule has 0 fully saturated rings. The fourth-order valence-electron chi connectivity index (χ4n) is 1.33. The third kappa shape index (κ3) is 3.03. The van der Waals surface area contributed by atoms with Crippen molar-refractivity contribution in [2.24, 2.45) is 5.73 Å². The summed E-state index contributed by atoms with van der Waals surface area (Å²) in [6.45, 7) is 6.39. The summed E-state index contributed by atoms with van der Waals surface area (Å²) in [7, 11) is 0. The van der Waals surface area contributed by atoms with Gasteiger partial charge in [0.25, 0.3) is 0 Å². The maximum Gasteiger partial charge on any atom is 0.0266 e. The van der Waals surface area contributed by atoms with Crippen LogP contribution in [0.4, 0.5) is 0 Å². The summed E-state index contributed by atoms with van der Waals surface area (Å²) in [5.41, 5.74) is 8.40. The van der Waals surface area contributed by atoms with E-state index >= 15 is 0 Å². The Labute approximate surface area is 91.1 Å². The molecule has 2 heteroatoms. The van der Waals surface area contributed by atoms with E-state index in [1.54, 1.807) is 0 Å². The molecule has 0 aromatic heterocycles. The molecule has 1 nitrogen and oxygen atoms in total. The number of thioether (sulfide) groups is 1. The summed E-state index contributed by atoms with van der Waals surface area (Å²) in [4.78, 5) is 1.39. The second-order valence-electron chi connectivity index (χ2n) is 3.66. The summed E-state index contributed by atoms with van der Waals surface area (Å²) in [5, 5.41) is 0. The van der Waals surface area contributed by atoms with Crippen molar-refractivity contribution in [3.63, 3.8) is 0 Å². The third-order valence-electron chi connectivity index (χ3n) is 2.19.